The minimum atomic E-state index is 0.324. The van der Waals surface area contributed by atoms with Gasteiger partial charge in [0.25, 0.3) is 0 Å². The summed E-state index contributed by atoms with van der Waals surface area (Å²) < 4.78 is 22.0. The van der Waals surface area contributed by atoms with Gasteiger partial charge in [-0.3, -0.25) is 0 Å². The van der Waals surface area contributed by atoms with Crippen LogP contribution in [0.4, 0.5) is 0 Å². The summed E-state index contributed by atoms with van der Waals surface area (Å²) in [4.78, 5) is 0. The number of hydrogen-bond acceptors (Lipinski definition) is 5. The van der Waals surface area contributed by atoms with Crippen molar-refractivity contribution < 1.29 is 18.9 Å². The maximum Gasteiger partial charge on any atom is 0.179 e. The van der Waals surface area contributed by atoms with Gasteiger partial charge < -0.3 is 24.7 Å². The van der Waals surface area contributed by atoms with Crippen molar-refractivity contribution in [3.63, 3.8) is 0 Å². The maximum absolute atomic E-state index is 6.29. The number of ether oxygens (including phenoxy) is 4. The highest BCUT2D eigenvalue weighted by Gasteiger charge is 2.12. The minimum absolute atomic E-state index is 0.324. The van der Waals surface area contributed by atoms with Crippen molar-refractivity contribution in [2.24, 2.45) is 5.73 Å². The standard InChI is InChI=1S/C18H22ClNO4/c1-21-15-5-3-4-6-16(15)23-9-10-24-18-14(19)11-13(7-8-20)12-17(18)22-2/h3-6,11-12H,7-10,20H2,1-2H3. The lowest BCUT2D eigenvalue weighted by Crippen LogP contribution is -2.11. The van der Waals surface area contributed by atoms with Gasteiger partial charge in [-0.25, -0.2) is 0 Å². The lowest BCUT2D eigenvalue weighted by molar-refractivity contribution is 0.206. The van der Waals surface area contributed by atoms with Gasteiger partial charge in [0.05, 0.1) is 19.2 Å². The maximum atomic E-state index is 6.29. The fourth-order valence-electron chi connectivity index (χ4n) is 2.26. The first-order chi connectivity index (χ1) is 11.7. The second-order valence-electron chi connectivity index (χ2n) is 5.00. The topological polar surface area (TPSA) is 62.9 Å². The van der Waals surface area contributed by atoms with Crippen molar-refractivity contribution in [2.45, 2.75) is 6.42 Å². The Balaban J connectivity index is 1.96. The quantitative estimate of drug-likeness (QED) is 0.702. The molecule has 2 N–H and O–H groups in total. The van der Waals surface area contributed by atoms with E-state index in [1.807, 2.05) is 36.4 Å². The number of rotatable bonds is 9. The number of benzene rings is 2. The van der Waals surface area contributed by atoms with E-state index in [2.05, 4.69) is 0 Å². The molecular weight excluding hydrogens is 330 g/mol. The molecule has 0 bridgehead atoms. The predicted molar refractivity (Wildman–Crippen MR) is 94.7 cm³/mol. The van der Waals surface area contributed by atoms with E-state index in [9.17, 15) is 0 Å². The summed E-state index contributed by atoms with van der Waals surface area (Å²) in [5.74, 6) is 2.44. The van der Waals surface area contributed by atoms with Crippen LogP contribution in [0.1, 0.15) is 5.56 Å². The molecule has 0 heterocycles. The van der Waals surface area contributed by atoms with E-state index >= 15 is 0 Å². The average molecular weight is 352 g/mol. The molecule has 0 aliphatic carbocycles. The van der Waals surface area contributed by atoms with Crippen LogP contribution in [0, 0.1) is 0 Å². The Labute approximate surface area is 147 Å². The molecule has 0 unspecified atom stereocenters. The van der Waals surface area contributed by atoms with Gasteiger partial charge in [0.15, 0.2) is 23.0 Å². The van der Waals surface area contributed by atoms with Crippen LogP contribution < -0.4 is 24.7 Å². The normalized spacial score (nSPS) is 10.3. The van der Waals surface area contributed by atoms with Gasteiger partial charge in [-0.2, -0.15) is 0 Å². The Bertz CT molecular complexity index is 663. The Morgan fingerprint density at radius 2 is 1.58 bits per heavy atom. The first kappa shape index (κ1) is 18.2. The lowest BCUT2D eigenvalue weighted by atomic mass is 10.1. The molecule has 0 fully saturated rings. The molecule has 0 atom stereocenters. The molecule has 0 aliphatic heterocycles. The smallest absolute Gasteiger partial charge is 0.179 e. The van der Waals surface area contributed by atoms with Crippen molar-refractivity contribution in [3.8, 4) is 23.0 Å². The molecule has 0 spiro atoms. The number of nitrogens with two attached hydrogens (primary N) is 1. The third-order valence-electron chi connectivity index (χ3n) is 3.38. The molecule has 0 aliphatic rings. The monoisotopic (exact) mass is 351 g/mol. The third kappa shape index (κ3) is 4.69. The second-order valence-corrected chi connectivity index (χ2v) is 5.40. The van der Waals surface area contributed by atoms with E-state index in [1.165, 1.54) is 0 Å². The van der Waals surface area contributed by atoms with Crippen LogP contribution in [0.2, 0.25) is 5.02 Å². The van der Waals surface area contributed by atoms with Crippen LogP contribution in [0.15, 0.2) is 36.4 Å². The molecule has 6 heteroatoms. The summed E-state index contributed by atoms with van der Waals surface area (Å²) >= 11 is 6.29. The Morgan fingerprint density at radius 3 is 2.25 bits per heavy atom. The zero-order chi connectivity index (χ0) is 17.4. The van der Waals surface area contributed by atoms with Crippen molar-refractivity contribution in [3.05, 3.63) is 47.0 Å². The Hall–Kier alpha value is -2.11. The van der Waals surface area contributed by atoms with Gasteiger partial charge in [-0.15, -0.1) is 0 Å². The van der Waals surface area contributed by atoms with Crippen LogP contribution in [0.25, 0.3) is 0 Å². The van der Waals surface area contributed by atoms with Crippen LogP contribution >= 0.6 is 11.6 Å². The zero-order valence-corrected chi connectivity index (χ0v) is 14.6. The molecule has 24 heavy (non-hydrogen) atoms. The van der Waals surface area contributed by atoms with E-state index in [1.54, 1.807) is 14.2 Å². The summed E-state index contributed by atoms with van der Waals surface area (Å²) in [6.45, 7) is 1.22. The summed E-state index contributed by atoms with van der Waals surface area (Å²) in [5, 5.41) is 0.495. The van der Waals surface area contributed by atoms with Crippen LogP contribution in [0.3, 0.4) is 0 Å². The average Bonchev–Trinajstić information content (AvgIpc) is 2.60. The van der Waals surface area contributed by atoms with E-state index in [-0.39, 0.29) is 0 Å². The van der Waals surface area contributed by atoms with Gasteiger partial charge in [-0.05, 0) is 42.8 Å². The van der Waals surface area contributed by atoms with Gasteiger partial charge in [0.2, 0.25) is 0 Å². The Kier molecular flexibility index (Phi) is 7.03. The van der Waals surface area contributed by atoms with Crippen LogP contribution in [0.5, 0.6) is 23.0 Å². The van der Waals surface area contributed by atoms with Gasteiger partial charge in [-0.1, -0.05) is 23.7 Å². The molecule has 0 aromatic heterocycles. The largest absolute Gasteiger partial charge is 0.493 e. The van der Waals surface area contributed by atoms with E-state index in [4.69, 9.17) is 36.3 Å². The summed E-state index contributed by atoms with van der Waals surface area (Å²) in [6.07, 6.45) is 0.729. The van der Waals surface area contributed by atoms with Crippen LogP contribution in [-0.2, 0) is 6.42 Å². The fraction of sp³-hybridized carbons (Fsp3) is 0.333. The SMILES string of the molecule is COc1ccccc1OCCOc1c(Cl)cc(CCN)cc1OC. The lowest BCUT2D eigenvalue weighted by Gasteiger charge is -2.15. The fourth-order valence-corrected chi connectivity index (χ4v) is 2.55. The molecular formula is C18H22ClNO4. The molecule has 0 saturated heterocycles. The minimum Gasteiger partial charge on any atom is -0.493 e. The van der Waals surface area contributed by atoms with E-state index in [0.29, 0.717) is 47.8 Å². The first-order valence-electron chi connectivity index (χ1n) is 7.64. The van der Waals surface area contributed by atoms with E-state index < -0.39 is 0 Å². The summed E-state index contributed by atoms with van der Waals surface area (Å²) in [7, 11) is 3.18. The summed E-state index contributed by atoms with van der Waals surface area (Å²) in [6, 6.07) is 11.2. The molecule has 0 amide bonds. The zero-order valence-electron chi connectivity index (χ0n) is 13.9. The second kappa shape index (κ2) is 9.25. The van der Waals surface area contributed by atoms with Gasteiger partial charge in [0, 0.05) is 0 Å². The number of methoxy groups -OCH3 is 2. The molecule has 2 rings (SSSR count). The van der Waals surface area contributed by atoms with Crippen LogP contribution in [-0.4, -0.2) is 34.0 Å². The van der Waals surface area contributed by atoms with Crippen molar-refractivity contribution in [2.75, 3.05) is 34.0 Å². The van der Waals surface area contributed by atoms with E-state index in [0.717, 1.165) is 12.0 Å². The van der Waals surface area contributed by atoms with Crippen molar-refractivity contribution >= 4 is 11.6 Å². The highest BCUT2D eigenvalue weighted by atomic mass is 35.5. The third-order valence-corrected chi connectivity index (χ3v) is 3.66. The van der Waals surface area contributed by atoms with Gasteiger partial charge in [0.1, 0.15) is 13.2 Å². The number of halogens is 1. The highest BCUT2D eigenvalue weighted by molar-refractivity contribution is 6.32. The number of hydrogen-bond donors (Lipinski definition) is 1. The molecule has 5 nitrogen and oxygen atoms in total. The van der Waals surface area contributed by atoms with Crippen molar-refractivity contribution in [1.82, 2.24) is 0 Å². The summed E-state index contributed by atoms with van der Waals surface area (Å²) in [5.41, 5.74) is 6.59. The predicted octanol–water partition coefficient (Wildman–Crippen LogP) is 3.32. The molecule has 0 saturated carbocycles. The molecule has 2 aromatic rings. The number of para-hydroxylation sites is 2. The Morgan fingerprint density at radius 1 is 0.917 bits per heavy atom. The molecule has 2 aromatic carbocycles. The first-order valence-corrected chi connectivity index (χ1v) is 8.02. The highest BCUT2D eigenvalue weighted by Crippen LogP contribution is 2.36. The molecule has 0 radical (unpaired) electrons. The molecule has 130 valence electrons. The van der Waals surface area contributed by atoms with Gasteiger partial charge >= 0.3 is 0 Å². The van der Waals surface area contributed by atoms with Crippen molar-refractivity contribution in [1.29, 1.82) is 0 Å².